The number of rotatable bonds is 7. The maximum Gasteiger partial charge on any atom is 0.134 e. The minimum atomic E-state index is 0.428. The molecule has 1 aliphatic rings. The van der Waals surface area contributed by atoms with E-state index in [9.17, 15) is 0 Å². The van der Waals surface area contributed by atoms with Crippen molar-refractivity contribution in [2.45, 2.75) is 39.3 Å². The second kappa shape index (κ2) is 7.87. The van der Waals surface area contributed by atoms with Crippen molar-refractivity contribution in [2.24, 2.45) is 0 Å². The lowest BCUT2D eigenvalue weighted by molar-refractivity contribution is 0.144. The predicted octanol–water partition coefficient (Wildman–Crippen LogP) is 0.627. The van der Waals surface area contributed by atoms with Crippen LogP contribution in [0.2, 0.25) is 0 Å². The van der Waals surface area contributed by atoms with Gasteiger partial charge in [-0.05, 0) is 27.8 Å². The van der Waals surface area contributed by atoms with E-state index in [1.165, 1.54) is 26.2 Å². The molecule has 120 valence electrons. The molecule has 21 heavy (non-hydrogen) atoms. The number of aromatic nitrogens is 3. The average Bonchev–Trinajstić information content (AvgIpc) is 2.90. The van der Waals surface area contributed by atoms with Crippen molar-refractivity contribution >= 4 is 0 Å². The summed E-state index contributed by atoms with van der Waals surface area (Å²) in [6.07, 6.45) is 2.76. The Morgan fingerprint density at radius 2 is 1.90 bits per heavy atom. The molecule has 1 aromatic rings. The first-order valence-corrected chi connectivity index (χ1v) is 8.09. The molecule has 1 aliphatic heterocycles. The van der Waals surface area contributed by atoms with Gasteiger partial charge in [0.15, 0.2) is 0 Å². The molecule has 6 nitrogen and oxygen atoms in total. The fourth-order valence-electron chi connectivity index (χ4n) is 2.79. The summed E-state index contributed by atoms with van der Waals surface area (Å²) in [5.74, 6) is 1.07. The van der Waals surface area contributed by atoms with Crippen molar-refractivity contribution < 1.29 is 0 Å². The Hall–Kier alpha value is -0.980. The van der Waals surface area contributed by atoms with Crippen LogP contribution in [0, 0.1) is 0 Å². The van der Waals surface area contributed by atoms with E-state index in [4.69, 9.17) is 0 Å². The third kappa shape index (κ3) is 5.05. The SMILES string of the molecule is CC(CN1CCN(C)CC1)NCCc1nncn1C(C)C. The fraction of sp³-hybridized carbons (Fsp3) is 0.867. The summed E-state index contributed by atoms with van der Waals surface area (Å²) in [5, 5.41) is 11.8. The van der Waals surface area contributed by atoms with Gasteiger partial charge in [0.25, 0.3) is 0 Å². The first-order valence-electron chi connectivity index (χ1n) is 8.09. The molecule has 0 bridgehead atoms. The first kappa shape index (κ1) is 16.4. The molecule has 0 amide bonds. The molecule has 0 aromatic carbocycles. The van der Waals surface area contributed by atoms with Crippen LogP contribution in [0.5, 0.6) is 0 Å². The third-order valence-corrected chi connectivity index (χ3v) is 4.17. The van der Waals surface area contributed by atoms with Crippen molar-refractivity contribution in [1.29, 1.82) is 0 Å². The molecule has 2 heterocycles. The van der Waals surface area contributed by atoms with Gasteiger partial charge in [0, 0.05) is 57.8 Å². The van der Waals surface area contributed by atoms with E-state index >= 15 is 0 Å². The Kier molecular flexibility index (Phi) is 6.14. The number of nitrogens with zero attached hydrogens (tertiary/aromatic N) is 5. The highest BCUT2D eigenvalue weighted by atomic mass is 15.3. The van der Waals surface area contributed by atoms with Crippen molar-refractivity contribution in [3.05, 3.63) is 12.2 Å². The maximum atomic E-state index is 4.22. The smallest absolute Gasteiger partial charge is 0.134 e. The van der Waals surface area contributed by atoms with E-state index < -0.39 is 0 Å². The van der Waals surface area contributed by atoms with Crippen molar-refractivity contribution in [1.82, 2.24) is 29.9 Å². The summed E-state index contributed by atoms with van der Waals surface area (Å²) in [4.78, 5) is 4.95. The van der Waals surface area contributed by atoms with Gasteiger partial charge in [0.1, 0.15) is 12.2 Å². The fourth-order valence-corrected chi connectivity index (χ4v) is 2.79. The zero-order valence-electron chi connectivity index (χ0n) is 13.9. The van der Waals surface area contributed by atoms with Crippen LogP contribution in [-0.4, -0.2) is 76.9 Å². The number of nitrogens with one attached hydrogen (secondary N) is 1. The molecule has 1 fully saturated rings. The second-order valence-electron chi connectivity index (χ2n) is 6.46. The van der Waals surface area contributed by atoms with Gasteiger partial charge in [0.2, 0.25) is 0 Å². The topological polar surface area (TPSA) is 49.2 Å². The molecule has 6 heteroatoms. The molecule has 1 aromatic heterocycles. The molecular weight excluding hydrogens is 264 g/mol. The molecule has 2 rings (SSSR count). The van der Waals surface area contributed by atoms with Gasteiger partial charge in [0.05, 0.1) is 0 Å². The lowest BCUT2D eigenvalue weighted by Crippen LogP contribution is -2.49. The largest absolute Gasteiger partial charge is 0.315 e. The number of likely N-dealkylation sites (N-methyl/N-ethyl adjacent to an activating group) is 1. The van der Waals surface area contributed by atoms with Gasteiger partial charge in [-0.15, -0.1) is 10.2 Å². The Morgan fingerprint density at radius 1 is 1.19 bits per heavy atom. The van der Waals surface area contributed by atoms with Crippen molar-refractivity contribution in [2.75, 3.05) is 46.3 Å². The van der Waals surface area contributed by atoms with Crippen LogP contribution in [0.3, 0.4) is 0 Å². The van der Waals surface area contributed by atoms with Crippen LogP contribution in [0.4, 0.5) is 0 Å². The summed E-state index contributed by atoms with van der Waals surface area (Å²) in [7, 11) is 2.20. The zero-order chi connectivity index (χ0) is 15.2. The Labute approximate surface area is 128 Å². The summed E-state index contributed by atoms with van der Waals surface area (Å²) in [5.41, 5.74) is 0. The van der Waals surface area contributed by atoms with Crippen LogP contribution in [0.25, 0.3) is 0 Å². The van der Waals surface area contributed by atoms with Crippen molar-refractivity contribution in [3.8, 4) is 0 Å². The molecular formula is C15H30N6. The molecule has 0 aliphatic carbocycles. The third-order valence-electron chi connectivity index (χ3n) is 4.17. The number of hydrogen-bond acceptors (Lipinski definition) is 5. The van der Waals surface area contributed by atoms with Crippen LogP contribution >= 0.6 is 0 Å². The van der Waals surface area contributed by atoms with E-state index in [1.807, 2.05) is 6.33 Å². The molecule has 1 atom stereocenters. The summed E-state index contributed by atoms with van der Waals surface area (Å²) in [6, 6.07) is 0.946. The van der Waals surface area contributed by atoms with Gasteiger partial charge in [-0.1, -0.05) is 0 Å². The summed E-state index contributed by atoms with van der Waals surface area (Å²) >= 11 is 0. The molecule has 1 N–H and O–H groups in total. The summed E-state index contributed by atoms with van der Waals surface area (Å²) < 4.78 is 2.15. The van der Waals surface area contributed by atoms with Gasteiger partial charge >= 0.3 is 0 Å². The van der Waals surface area contributed by atoms with Gasteiger partial charge in [-0.2, -0.15) is 0 Å². The zero-order valence-corrected chi connectivity index (χ0v) is 13.9. The Morgan fingerprint density at radius 3 is 2.57 bits per heavy atom. The first-order chi connectivity index (χ1) is 10.1. The van der Waals surface area contributed by atoms with Crippen molar-refractivity contribution in [3.63, 3.8) is 0 Å². The minimum Gasteiger partial charge on any atom is -0.315 e. The monoisotopic (exact) mass is 294 g/mol. The molecule has 0 spiro atoms. The highest BCUT2D eigenvalue weighted by Crippen LogP contribution is 2.06. The van der Waals surface area contributed by atoms with Crippen LogP contribution in [0.1, 0.15) is 32.6 Å². The molecule has 0 radical (unpaired) electrons. The van der Waals surface area contributed by atoms with Crippen LogP contribution in [0.15, 0.2) is 6.33 Å². The standard InChI is InChI=1S/C15H30N6/c1-13(2)21-12-17-18-15(21)5-6-16-14(3)11-20-9-7-19(4)8-10-20/h12-14,16H,5-11H2,1-4H3. The maximum absolute atomic E-state index is 4.22. The highest BCUT2D eigenvalue weighted by Gasteiger charge is 2.16. The normalized spacial score (nSPS) is 19.3. The van der Waals surface area contributed by atoms with E-state index in [2.05, 4.69) is 57.7 Å². The van der Waals surface area contributed by atoms with Crippen LogP contribution in [-0.2, 0) is 6.42 Å². The lowest BCUT2D eigenvalue weighted by Gasteiger charge is -2.34. The van der Waals surface area contributed by atoms with E-state index in [1.54, 1.807) is 0 Å². The van der Waals surface area contributed by atoms with Gasteiger partial charge < -0.3 is 14.8 Å². The Balaban J connectivity index is 1.67. The predicted molar refractivity (Wildman–Crippen MR) is 85.5 cm³/mol. The minimum absolute atomic E-state index is 0.428. The van der Waals surface area contributed by atoms with E-state index in [0.29, 0.717) is 12.1 Å². The molecule has 1 saturated heterocycles. The molecule has 0 saturated carbocycles. The number of piperazine rings is 1. The second-order valence-corrected chi connectivity index (χ2v) is 6.46. The van der Waals surface area contributed by atoms with Gasteiger partial charge in [-0.3, -0.25) is 4.90 Å². The number of hydrogen-bond donors (Lipinski definition) is 1. The molecule has 1 unspecified atom stereocenters. The van der Waals surface area contributed by atoms with Crippen LogP contribution < -0.4 is 5.32 Å². The summed E-state index contributed by atoms with van der Waals surface area (Å²) in [6.45, 7) is 13.4. The lowest BCUT2D eigenvalue weighted by atomic mass is 10.2. The van der Waals surface area contributed by atoms with E-state index in [0.717, 1.165) is 25.3 Å². The quantitative estimate of drug-likeness (QED) is 0.799. The Bertz CT molecular complexity index is 408. The van der Waals surface area contributed by atoms with Gasteiger partial charge in [-0.25, -0.2) is 0 Å². The van der Waals surface area contributed by atoms with E-state index in [-0.39, 0.29) is 0 Å². The average molecular weight is 294 g/mol. The highest BCUT2D eigenvalue weighted by molar-refractivity contribution is 4.89.